The van der Waals surface area contributed by atoms with Crippen molar-refractivity contribution in [1.82, 2.24) is 14.8 Å². The molecule has 0 saturated carbocycles. The zero-order chi connectivity index (χ0) is 18.5. The molecule has 0 radical (unpaired) electrons. The maximum absolute atomic E-state index is 5.66. The Bertz CT molecular complexity index is 859. The van der Waals surface area contributed by atoms with Crippen LogP contribution in [0.25, 0.3) is 17.1 Å². The maximum atomic E-state index is 5.66. The van der Waals surface area contributed by atoms with Gasteiger partial charge in [0, 0.05) is 11.3 Å². The summed E-state index contributed by atoms with van der Waals surface area (Å²) in [4.78, 5) is 0. The molecule has 0 aliphatic heterocycles. The Morgan fingerprint density at radius 1 is 1.00 bits per heavy atom. The largest absolute Gasteiger partial charge is 0.378 e. The van der Waals surface area contributed by atoms with Crippen molar-refractivity contribution in [3.05, 3.63) is 59.7 Å². The fraction of sp³-hybridized carbons (Fsp3) is 0.333. The molecule has 1 aromatic heterocycles. The van der Waals surface area contributed by atoms with Crippen LogP contribution in [0.4, 0.5) is 0 Å². The van der Waals surface area contributed by atoms with Crippen LogP contribution in [0, 0.1) is 13.8 Å². The molecule has 0 saturated heterocycles. The molecule has 0 bridgehead atoms. The number of benzene rings is 2. The molecule has 2 aromatic carbocycles. The van der Waals surface area contributed by atoms with E-state index < -0.39 is 0 Å². The summed E-state index contributed by atoms with van der Waals surface area (Å²) in [5.74, 6) is 1.71. The topological polar surface area (TPSA) is 39.9 Å². The van der Waals surface area contributed by atoms with Crippen molar-refractivity contribution in [2.45, 2.75) is 39.0 Å². The first-order valence-corrected chi connectivity index (χ1v) is 9.87. The summed E-state index contributed by atoms with van der Waals surface area (Å²) in [5, 5.41) is 9.83. The fourth-order valence-corrected chi connectivity index (χ4v) is 3.43. The van der Waals surface area contributed by atoms with E-state index in [-0.39, 0.29) is 6.10 Å². The monoisotopic (exact) mass is 367 g/mol. The Hall–Kier alpha value is -2.11. The number of thioether (sulfide) groups is 1. The summed E-state index contributed by atoms with van der Waals surface area (Å²) in [6.45, 7) is 9.06. The predicted octanol–water partition coefficient (Wildman–Crippen LogP) is 5.07. The van der Waals surface area contributed by atoms with E-state index in [1.54, 1.807) is 11.8 Å². The van der Waals surface area contributed by atoms with Gasteiger partial charge in [0.1, 0.15) is 0 Å². The molecule has 0 spiro atoms. The average Bonchev–Trinajstić information content (AvgIpc) is 3.05. The second-order valence-electron chi connectivity index (χ2n) is 6.54. The molecule has 0 N–H and O–H groups in total. The lowest BCUT2D eigenvalue weighted by Gasteiger charge is -2.12. The summed E-state index contributed by atoms with van der Waals surface area (Å²) in [6, 6.07) is 16.7. The minimum atomic E-state index is 0.244. The molecule has 0 atom stereocenters. The van der Waals surface area contributed by atoms with E-state index in [1.165, 1.54) is 11.1 Å². The summed E-state index contributed by atoms with van der Waals surface area (Å²) in [6.07, 6.45) is 0.244. The minimum absolute atomic E-state index is 0.244. The van der Waals surface area contributed by atoms with Crippen LogP contribution in [0.1, 0.15) is 25.0 Å². The van der Waals surface area contributed by atoms with Crippen LogP contribution in [0.15, 0.2) is 53.7 Å². The van der Waals surface area contributed by atoms with Crippen LogP contribution in [0.2, 0.25) is 0 Å². The van der Waals surface area contributed by atoms with Gasteiger partial charge in [0.05, 0.1) is 18.4 Å². The van der Waals surface area contributed by atoms with Gasteiger partial charge in [-0.3, -0.25) is 4.57 Å². The number of ether oxygens (including phenoxy) is 1. The summed E-state index contributed by atoms with van der Waals surface area (Å²) in [5.41, 5.74) is 4.68. The number of aryl methyl sites for hydroxylation is 2. The first kappa shape index (κ1) is 18.7. The van der Waals surface area contributed by atoms with Gasteiger partial charge < -0.3 is 4.74 Å². The lowest BCUT2D eigenvalue weighted by Crippen LogP contribution is -2.06. The van der Waals surface area contributed by atoms with Crippen LogP contribution in [-0.2, 0) is 4.74 Å². The third-order valence-electron chi connectivity index (χ3n) is 4.18. The molecular weight excluding hydrogens is 342 g/mol. The molecule has 0 aliphatic rings. The normalized spacial score (nSPS) is 11.3. The number of hydrogen-bond acceptors (Lipinski definition) is 4. The average molecular weight is 368 g/mol. The van der Waals surface area contributed by atoms with Gasteiger partial charge in [0.2, 0.25) is 0 Å². The quantitative estimate of drug-likeness (QED) is 0.432. The van der Waals surface area contributed by atoms with E-state index in [1.807, 2.05) is 18.2 Å². The Balaban J connectivity index is 1.97. The third-order valence-corrected chi connectivity index (χ3v) is 5.07. The van der Waals surface area contributed by atoms with Crippen LogP contribution >= 0.6 is 11.8 Å². The van der Waals surface area contributed by atoms with Crippen LogP contribution in [-0.4, -0.2) is 33.2 Å². The minimum Gasteiger partial charge on any atom is -0.378 e. The van der Waals surface area contributed by atoms with Crippen molar-refractivity contribution in [2.75, 3.05) is 12.4 Å². The van der Waals surface area contributed by atoms with Crippen LogP contribution in [0.3, 0.4) is 0 Å². The van der Waals surface area contributed by atoms with Gasteiger partial charge in [0.25, 0.3) is 0 Å². The molecular formula is C21H25N3OS. The zero-order valence-electron chi connectivity index (χ0n) is 15.8. The third kappa shape index (κ3) is 4.34. The Morgan fingerprint density at radius 2 is 1.77 bits per heavy atom. The molecule has 136 valence electrons. The lowest BCUT2D eigenvalue weighted by molar-refractivity contribution is 0.0920. The first-order valence-electron chi connectivity index (χ1n) is 8.89. The maximum Gasteiger partial charge on any atom is 0.196 e. The lowest BCUT2D eigenvalue weighted by atomic mass is 10.1. The smallest absolute Gasteiger partial charge is 0.196 e. The molecule has 5 heteroatoms. The van der Waals surface area contributed by atoms with Crippen LogP contribution < -0.4 is 0 Å². The van der Waals surface area contributed by atoms with E-state index >= 15 is 0 Å². The van der Waals surface area contributed by atoms with Gasteiger partial charge in [-0.15, -0.1) is 10.2 Å². The summed E-state index contributed by atoms with van der Waals surface area (Å²) in [7, 11) is 0. The zero-order valence-corrected chi connectivity index (χ0v) is 16.6. The van der Waals surface area contributed by atoms with Gasteiger partial charge in [-0.05, 0) is 51.0 Å². The number of aromatic nitrogens is 3. The molecule has 3 rings (SSSR count). The van der Waals surface area contributed by atoms with Crippen molar-refractivity contribution in [1.29, 1.82) is 0 Å². The van der Waals surface area contributed by atoms with Crippen molar-refractivity contribution in [3.63, 3.8) is 0 Å². The van der Waals surface area contributed by atoms with Crippen molar-refractivity contribution >= 4 is 11.8 Å². The van der Waals surface area contributed by atoms with E-state index in [4.69, 9.17) is 4.74 Å². The SMILES string of the molecule is Cc1ccc(-n2c(SCCOC(C)C)nnc2-c2ccccc2)cc1C. The highest BCUT2D eigenvalue weighted by Gasteiger charge is 2.16. The van der Waals surface area contributed by atoms with E-state index in [9.17, 15) is 0 Å². The van der Waals surface area contributed by atoms with Crippen LogP contribution in [0.5, 0.6) is 0 Å². The summed E-state index contributed by atoms with van der Waals surface area (Å²) < 4.78 is 7.80. The van der Waals surface area contributed by atoms with E-state index in [0.717, 1.165) is 28.0 Å². The van der Waals surface area contributed by atoms with Crippen molar-refractivity contribution < 1.29 is 4.74 Å². The second-order valence-corrected chi connectivity index (χ2v) is 7.61. The number of nitrogens with zero attached hydrogens (tertiary/aromatic N) is 3. The number of rotatable bonds is 7. The number of hydrogen-bond donors (Lipinski definition) is 0. The molecule has 0 aliphatic carbocycles. The molecule has 4 nitrogen and oxygen atoms in total. The highest BCUT2D eigenvalue weighted by atomic mass is 32.2. The highest BCUT2D eigenvalue weighted by Crippen LogP contribution is 2.28. The van der Waals surface area contributed by atoms with Crippen molar-refractivity contribution in [2.24, 2.45) is 0 Å². The van der Waals surface area contributed by atoms with Gasteiger partial charge in [0.15, 0.2) is 11.0 Å². The molecule has 0 amide bonds. The first-order chi connectivity index (χ1) is 12.6. The summed E-state index contributed by atoms with van der Waals surface area (Å²) >= 11 is 1.67. The van der Waals surface area contributed by atoms with Gasteiger partial charge >= 0.3 is 0 Å². The standard InChI is InChI=1S/C21H25N3OS/c1-15(2)25-12-13-26-21-23-22-20(18-8-6-5-7-9-18)24(21)19-11-10-16(3)17(4)14-19/h5-11,14-15H,12-13H2,1-4H3. The molecule has 0 unspecified atom stereocenters. The molecule has 1 heterocycles. The van der Waals surface area contributed by atoms with Gasteiger partial charge in [-0.1, -0.05) is 48.2 Å². The molecule has 0 fully saturated rings. The van der Waals surface area contributed by atoms with E-state index in [2.05, 4.69) is 72.8 Å². The fourth-order valence-electron chi connectivity index (χ4n) is 2.65. The highest BCUT2D eigenvalue weighted by molar-refractivity contribution is 7.99. The van der Waals surface area contributed by atoms with Gasteiger partial charge in [-0.25, -0.2) is 0 Å². The van der Waals surface area contributed by atoms with Crippen molar-refractivity contribution in [3.8, 4) is 17.1 Å². The van der Waals surface area contributed by atoms with E-state index in [0.29, 0.717) is 6.61 Å². The van der Waals surface area contributed by atoms with Gasteiger partial charge in [-0.2, -0.15) is 0 Å². The predicted molar refractivity (Wildman–Crippen MR) is 108 cm³/mol. The Kier molecular flexibility index (Phi) is 6.12. The Labute approximate surface area is 159 Å². The molecule has 26 heavy (non-hydrogen) atoms. The Morgan fingerprint density at radius 3 is 2.46 bits per heavy atom. The second kappa shape index (κ2) is 8.52. The molecule has 3 aromatic rings.